The van der Waals surface area contributed by atoms with Crippen LogP contribution in [0.2, 0.25) is 0 Å². The summed E-state index contributed by atoms with van der Waals surface area (Å²) in [5.74, 6) is 0.858. The van der Waals surface area contributed by atoms with Crippen LogP contribution >= 0.6 is 0 Å². The topological polar surface area (TPSA) is 48.9 Å². The Morgan fingerprint density at radius 3 is 2.68 bits per heavy atom. The molecule has 2 N–H and O–H groups in total. The summed E-state index contributed by atoms with van der Waals surface area (Å²) in [7, 11) is 0. The van der Waals surface area contributed by atoms with Crippen molar-refractivity contribution in [1.82, 2.24) is 15.5 Å². The summed E-state index contributed by atoms with van der Waals surface area (Å²) < 4.78 is 29.5. The fraction of sp³-hybridized carbons (Fsp3) is 0.611. The average Bonchev–Trinajstić information content (AvgIpc) is 2.61. The predicted octanol–water partition coefficient (Wildman–Crippen LogP) is 2.83. The molecule has 1 aromatic rings. The zero-order chi connectivity index (χ0) is 17.9. The van der Waals surface area contributed by atoms with Crippen molar-refractivity contribution >= 4 is 5.96 Å². The van der Waals surface area contributed by atoms with Crippen LogP contribution in [0.25, 0.3) is 0 Å². The van der Waals surface area contributed by atoms with Gasteiger partial charge in [-0.15, -0.1) is 0 Å². The fourth-order valence-corrected chi connectivity index (χ4v) is 2.87. The van der Waals surface area contributed by atoms with Gasteiger partial charge in [-0.25, -0.2) is 4.99 Å². The predicted molar refractivity (Wildman–Crippen MR) is 96.2 cm³/mol. The number of likely N-dealkylation sites (tertiary alicyclic amines) is 1. The molecule has 0 bridgehead atoms. The van der Waals surface area contributed by atoms with Crippen molar-refractivity contribution in [2.24, 2.45) is 4.99 Å². The van der Waals surface area contributed by atoms with Crippen LogP contribution in [0.3, 0.4) is 0 Å². The van der Waals surface area contributed by atoms with E-state index in [4.69, 9.17) is 0 Å². The maximum absolute atomic E-state index is 12.5. The summed E-state index contributed by atoms with van der Waals surface area (Å²) in [4.78, 5) is 6.94. The van der Waals surface area contributed by atoms with Crippen LogP contribution in [0.5, 0.6) is 5.75 Å². The lowest BCUT2D eigenvalue weighted by atomic mass is 10.1. The molecule has 1 heterocycles. The number of aliphatic imine (C=N–C) groups is 1. The maximum atomic E-state index is 12.5. The first-order valence-electron chi connectivity index (χ1n) is 8.96. The quantitative estimate of drug-likeness (QED) is 0.557. The lowest BCUT2D eigenvalue weighted by Gasteiger charge is -2.26. The molecule has 25 heavy (non-hydrogen) atoms. The summed E-state index contributed by atoms with van der Waals surface area (Å²) in [6, 6.07) is 6.75. The molecule has 5 nitrogen and oxygen atoms in total. The second-order valence-corrected chi connectivity index (χ2v) is 6.01. The number of hydrogen-bond donors (Lipinski definition) is 2. The van der Waals surface area contributed by atoms with Crippen molar-refractivity contribution in [3.05, 3.63) is 29.8 Å². The van der Waals surface area contributed by atoms with Gasteiger partial charge in [-0.05, 0) is 38.9 Å². The Hall–Kier alpha value is -1.89. The summed E-state index contributed by atoms with van der Waals surface area (Å²) >= 11 is 0. The van der Waals surface area contributed by atoms with Gasteiger partial charge in [0.25, 0.3) is 0 Å². The third kappa shape index (κ3) is 7.25. The summed E-state index contributed by atoms with van der Waals surface area (Å²) in [6.45, 7) is 4.29. The number of hydrogen-bond acceptors (Lipinski definition) is 3. The molecule has 0 saturated carbocycles. The van der Waals surface area contributed by atoms with Crippen LogP contribution in [0.4, 0.5) is 8.78 Å². The third-order valence-corrected chi connectivity index (χ3v) is 4.11. The summed E-state index contributed by atoms with van der Waals surface area (Å²) in [5.41, 5.74) is 0.635. The molecule has 140 valence electrons. The Kier molecular flexibility index (Phi) is 8.45. The van der Waals surface area contributed by atoms with E-state index in [1.165, 1.54) is 25.3 Å². The van der Waals surface area contributed by atoms with Crippen LogP contribution < -0.4 is 15.4 Å². The van der Waals surface area contributed by atoms with Crippen molar-refractivity contribution in [2.45, 2.75) is 39.3 Å². The Morgan fingerprint density at radius 2 is 1.96 bits per heavy atom. The zero-order valence-electron chi connectivity index (χ0n) is 14.8. The van der Waals surface area contributed by atoms with Gasteiger partial charge in [-0.3, -0.25) is 0 Å². The molecule has 7 heteroatoms. The highest BCUT2D eigenvalue weighted by molar-refractivity contribution is 5.79. The standard InChI is InChI=1S/C18H28F2N4O/c1-2-21-18(22-10-13-24-11-6-3-7-12-24)23-14-15-8-4-5-9-16(15)25-17(19)20/h4-5,8-9,17H,2-3,6-7,10-14H2,1H3,(H2,21,22,23). The molecule has 1 saturated heterocycles. The van der Waals surface area contributed by atoms with Crippen LogP contribution in [0.15, 0.2) is 29.3 Å². The third-order valence-electron chi connectivity index (χ3n) is 4.11. The van der Waals surface area contributed by atoms with Gasteiger partial charge >= 0.3 is 6.61 Å². The van der Waals surface area contributed by atoms with Crippen LogP contribution in [0.1, 0.15) is 31.7 Å². The number of benzene rings is 1. The van der Waals surface area contributed by atoms with Gasteiger partial charge in [0.1, 0.15) is 5.75 Å². The van der Waals surface area contributed by atoms with E-state index < -0.39 is 6.61 Å². The molecule has 0 amide bonds. The maximum Gasteiger partial charge on any atom is 0.387 e. The average molecular weight is 354 g/mol. The highest BCUT2D eigenvalue weighted by Crippen LogP contribution is 2.20. The first-order chi connectivity index (χ1) is 12.2. The second kappa shape index (κ2) is 10.9. The molecule has 1 aromatic carbocycles. The Morgan fingerprint density at radius 1 is 1.20 bits per heavy atom. The smallest absolute Gasteiger partial charge is 0.387 e. The van der Waals surface area contributed by atoms with E-state index in [2.05, 4.69) is 25.3 Å². The largest absolute Gasteiger partial charge is 0.434 e. The van der Waals surface area contributed by atoms with Gasteiger partial charge in [0, 0.05) is 25.2 Å². The van der Waals surface area contributed by atoms with Crippen molar-refractivity contribution < 1.29 is 13.5 Å². The van der Waals surface area contributed by atoms with E-state index in [9.17, 15) is 8.78 Å². The summed E-state index contributed by atoms with van der Waals surface area (Å²) in [6.07, 6.45) is 3.87. The number of piperidine rings is 1. The molecule has 0 unspecified atom stereocenters. The molecule has 1 aliphatic rings. The van der Waals surface area contributed by atoms with Gasteiger partial charge < -0.3 is 20.3 Å². The summed E-state index contributed by atoms with van der Waals surface area (Å²) in [5, 5.41) is 6.49. The van der Waals surface area contributed by atoms with E-state index in [1.807, 2.05) is 6.92 Å². The minimum absolute atomic E-state index is 0.172. The number of para-hydroxylation sites is 1. The van der Waals surface area contributed by atoms with Gasteiger partial charge in [-0.1, -0.05) is 24.6 Å². The zero-order valence-corrected chi connectivity index (χ0v) is 14.8. The molecule has 0 radical (unpaired) electrons. The number of rotatable bonds is 8. The molecule has 0 atom stereocenters. The first kappa shape index (κ1) is 19.4. The van der Waals surface area contributed by atoms with Gasteiger partial charge in [0.05, 0.1) is 6.54 Å². The number of alkyl halides is 2. The van der Waals surface area contributed by atoms with Crippen LogP contribution in [0, 0.1) is 0 Å². The van der Waals surface area contributed by atoms with E-state index in [1.54, 1.807) is 18.2 Å². The molecule has 0 aromatic heterocycles. The van der Waals surface area contributed by atoms with Crippen LogP contribution in [-0.2, 0) is 6.54 Å². The minimum Gasteiger partial charge on any atom is -0.434 e. The van der Waals surface area contributed by atoms with Crippen molar-refractivity contribution in [3.63, 3.8) is 0 Å². The van der Waals surface area contributed by atoms with Crippen molar-refractivity contribution in [2.75, 3.05) is 32.7 Å². The molecule has 2 rings (SSSR count). The number of nitrogens with zero attached hydrogens (tertiary/aromatic N) is 2. The number of nitrogens with one attached hydrogen (secondary N) is 2. The monoisotopic (exact) mass is 354 g/mol. The lowest BCUT2D eigenvalue weighted by molar-refractivity contribution is -0.0504. The molecule has 0 spiro atoms. The fourth-order valence-electron chi connectivity index (χ4n) is 2.87. The van der Waals surface area contributed by atoms with E-state index >= 15 is 0 Å². The Bertz CT molecular complexity index is 534. The van der Waals surface area contributed by atoms with E-state index in [-0.39, 0.29) is 12.3 Å². The normalized spacial score (nSPS) is 16.1. The number of halogens is 2. The van der Waals surface area contributed by atoms with E-state index in [0.717, 1.165) is 32.7 Å². The van der Waals surface area contributed by atoms with Gasteiger partial charge in [-0.2, -0.15) is 8.78 Å². The molecular formula is C18H28F2N4O. The Balaban J connectivity index is 1.88. The Labute approximate surface area is 148 Å². The molecule has 0 aliphatic carbocycles. The minimum atomic E-state index is -2.83. The van der Waals surface area contributed by atoms with Gasteiger partial charge in [0.2, 0.25) is 0 Å². The second-order valence-electron chi connectivity index (χ2n) is 6.01. The number of ether oxygens (including phenoxy) is 1. The SMILES string of the molecule is CCNC(=NCc1ccccc1OC(F)F)NCCN1CCCCC1. The van der Waals surface area contributed by atoms with Crippen LogP contribution in [-0.4, -0.2) is 50.2 Å². The number of guanidine groups is 1. The molecular weight excluding hydrogens is 326 g/mol. The van der Waals surface area contributed by atoms with Gasteiger partial charge in [0.15, 0.2) is 5.96 Å². The highest BCUT2D eigenvalue weighted by Gasteiger charge is 2.10. The first-order valence-corrected chi connectivity index (χ1v) is 8.96. The molecule has 1 fully saturated rings. The highest BCUT2D eigenvalue weighted by atomic mass is 19.3. The van der Waals surface area contributed by atoms with Crippen molar-refractivity contribution in [1.29, 1.82) is 0 Å². The molecule has 1 aliphatic heterocycles. The lowest BCUT2D eigenvalue weighted by Crippen LogP contribution is -2.42. The van der Waals surface area contributed by atoms with Crippen molar-refractivity contribution in [3.8, 4) is 5.75 Å². The van der Waals surface area contributed by atoms with E-state index in [0.29, 0.717) is 11.5 Å².